The molecule has 0 radical (unpaired) electrons. The molecule has 0 spiro atoms. The average Bonchev–Trinajstić information content (AvgIpc) is 3.11. The van der Waals surface area contributed by atoms with Crippen LogP contribution in [-0.4, -0.2) is 11.6 Å². The molecule has 3 aliphatic rings. The summed E-state index contributed by atoms with van der Waals surface area (Å²) in [7, 11) is 0. The van der Waals surface area contributed by atoms with Crippen LogP contribution in [0.3, 0.4) is 0 Å². The van der Waals surface area contributed by atoms with Gasteiger partial charge in [-0.2, -0.15) is 0 Å². The third-order valence-corrected chi connectivity index (χ3v) is 6.67. The minimum Gasteiger partial charge on any atom is -0.298 e. The second kappa shape index (κ2) is 5.15. The van der Waals surface area contributed by atoms with E-state index in [-0.39, 0.29) is 23.4 Å². The Labute approximate surface area is 144 Å². The summed E-state index contributed by atoms with van der Waals surface area (Å²) in [5, 5.41) is 0. The summed E-state index contributed by atoms with van der Waals surface area (Å²) < 4.78 is 0. The van der Waals surface area contributed by atoms with Gasteiger partial charge in [0.2, 0.25) is 0 Å². The molecule has 0 amide bonds. The molecule has 3 fully saturated rings. The fraction of sp³-hybridized carbons (Fsp3) is 0.545. The molecule has 2 heteroatoms. The number of allylic oxidation sites excluding steroid dienone is 2. The van der Waals surface area contributed by atoms with Crippen molar-refractivity contribution >= 4 is 11.6 Å². The van der Waals surface area contributed by atoms with Crippen LogP contribution in [0.1, 0.15) is 54.9 Å². The molecule has 1 unspecified atom stereocenters. The van der Waals surface area contributed by atoms with Gasteiger partial charge in [0.1, 0.15) is 5.92 Å². The highest BCUT2D eigenvalue weighted by Gasteiger charge is 2.63. The summed E-state index contributed by atoms with van der Waals surface area (Å²) in [4.78, 5) is 26.6. The molecule has 3 aliphatic carbocycles. The van der Waals surface area contributed by atoms with Gasteiger partial charge in [0.15, 0.2) is 11.6 Å². The van der Waals surface area contributed by atoms with Crippen LogP contribution in [0.15, 0.2) is 23.3 Å². The molecule has 126 valence electrons. The number of ketones is 2. The lowest BCUT2D eigenvalue weighted by Crippen LogP contribution is -2.24. The third kappa shape index (κ3) is 1.89. The lowest BCUT2D eigenvalue weighted by atomic mass is 9.81. The molecule has 0 heterocycles. The van der Waals surface area contributed by atoms with Gasteiger partial charge >= 0.3 is 0 Å². The zero-order chi connectivity index (χ0) is 17.3. The molecule has 0 aromatic heterocycles. The molecule has 4 rings (SSSR count). The predicted octanol–water partition coefficient (Wildman–Crippen LogP) is 4.46. The Hall–Kier alpha value is -1.70. The molecule has 3 saturated carbocycles. The van der Waals surface area contributed by atoms with E-state index in [0.717, 1.165) is 29.5 Å². The number of benzene rings is 1. The molecule has 1 aromatic rings. The summed E-state index contributed by atoms with van der Waals surface area (Å²) in [6, 6.07) is 4.21. The predicted molar refractivity (Wildman–Crippen MR) is 95.0 cm³/mol. The van der Waals surface area contributed by atoms with E-state index >= 15 is 0 Å². The van der Waals surface area contributed by atoms with Crippen molar-refractivity contribution in [2.75, 3.05) is 0 Å². The van der Waals surface area contributed by atoms with Crippen LogP contribution in [0.5, 0.6) is 0 Å². The van der Waals surface area contributed by atoms with E-state index in [2.05, 4.69) is 32.9 Å². The zero-order valence-corrected chi connectivity index (χ0v) is 15.3. The molecule has 24 heavy (non-hydrogen) atoms. The van der Waals surface area contributed by atoms with Crippen LogP contribution in [0.4, 0.5) is 0 Å². The van der Waals surface area contributed by atoms with Crippen LogP contribution < -0.4 is 0 Å². The molecule has 2 nitrogen and oxygen atoms in total. The fourth-order valence-electron chi connectivity index (χ4n) is 6.14. The molecule has 0 saturated heterocycles. The van der Waals surface area contributed by atoms with Gasteiger partial charge in [0.25, 0.3) is 0 Å². The van der Waals surface area contributed by atoms with Crippen molar-refractivity contribution in [1.82, 2.24) is 0 Å². The minimum absolute atomic E-state index is 0.0498. The summed E-state index contributed by atoms with van der Waals surface area (Å²) in [6.07, 6.45) is 2.17. The topological polar surface area (TPSA) is 34.1 Å². The molecule has 2 bridgehead atoms. The number of aryl methyl sites for hydroxylation is 3. The van der Waals surface area contributed by atoms with E-state index in [1.165, 1.54) is 16.7 Å². The van der Waals surface area contributed by atoms with Crippen LogP contribution in [0.25, 0.3) is 0 Å². The number of hydrogen-bond acceptors (Lipinski definition) is 2. The Morgan fingerprint density at radius 2 is 1.33 bits per heavy atom. The number of Topliss-reactive ketones (excluding diaryl/α,β-unsaturated/α-hetero) is 2. The smallest absolute Gasteiger partial charge is 0.152 e. The molecule has 0 N–H and O–H groups in total. The SMILES string of the molecule is CC(C)=C1[C@H]2CC[C@@H]1[C@H]1C(=O)C(c3c(C)cc(C)cc3C)C(=O)[C@H]12. The summed E-state index contributed by atoms with van der Waals surface area (Å²) in [6.45, 7) is 10.4. The Balaban J connectivity index is 1.81. The van der Waals surface area contributed by atoms with Crippen molar-refractivity contribution in [3.8, 4) is 0 Å². The van der Waals surface area contributed by atoms with Crippen molar-refractivity contribution in [3.63, 3.8) is 0 Å². The molecular formula is C22H26O2. The first-order valence-electron chi connectivity index (χ1n) is 9.15. The lowest BCUT2D eigenvalue weighted by molar-refractivity contribution is -0.125. The van der Waals surface area contributed by atoms with Crippen molar-refractivity contribution < 1.29 is 9.59 Å². The summed E-state index contributed by atoms with van der Waals surface area (Å²) >= 11 is 0. The van der Waals surface area contributed by atoms with Gasteiger partial charge in [-0.05, 0) is 76.0 Å². The van der Waals surface area contributed by atoms with Crippen LogP contribution in [0, 0.1) is 44.4 Å². The highest BCUT2D eigenvalue weighted by molar-refractivity contribution is 6.17. The maximum atomic E-state index is 13.3. The standard InChI is InChI=1S/C22H26O2/c1-10(2)16-14-6-7-15(16)19-18(14)21(23)20(22(19)24)17-12(4)8-11(3)9-13(17)5/h8-9,14-15,18-20H,6-7H2,1-5H3/t14-,15+,18+,19-,20?. The number of carbonyl (C=O) groups is 2. The van der Waals surface area contributed by atoms with Gasteiger partial charge in [-0.25, -0.2) is 0 Å². The normalized spacial score (nSPS) is 34.2. The summed E-state index contributed by atoms with van der Waals surface area (Å²) in [5.74, 6) is 0.451. The first-order valence-corrected chi connectivity index (χ1v) is 9.15. The van der Waals surface area contributed by atoms with Gasteiger partial charge in [-0.15, -0.1) is 0 Å². The maximum absolute atomic E-state index is 13.3. The maximum Gasteiger partial charge on any atom is 0.152 e. The largest absolute Gasteiger partial charge is 0.298 e. The quantitative estimate of drug-likeness (QED) is 0.565. The Bertz CT molecular complexity index is 739. The van der Waals surface area contributed by atoms with Crippen molar-refractivity contribution in [1.29, 1.82) is 0 Å². The monoisotopic (exact) mass is 322 g/mol. The second-order valence-corrected chi connectivity index (χ2v) is 8.35. The number of fused-ring (bicyclic) bond motifs is 5. The third-order valence-electron chi connectivity index (χ3n) is 6.67. The van der Waals surface area contributed by atoms with E-state index in [1.807, 2.05) is 13.8 Å². The highest BCUT2D eigenvalue weighted by atomic mass is 16.2. The fourth-order valence-corrected chi connectivity index (χ4v) is 6.14. The van der Waals surface area contributed by atoms with Gasteiger partial charge in [0, 0.05) is 11.8 Å². The van der Waals surface area contributed by atoms with Crippen molar-refractivity contribution in [2.24, 2.45) is 23.7 Å². The highest BCUT2D eigenvalue weighted by Crippen LogP contribution is 2.62. The van der Waals surface area contributed by atoms with Crippen molar-refractivity contribution in [2.45, 2.75) is 53.4 Å². The van der Waals surface area contributed by atoms with E-state index in [9.17, 15) is 9.59 Å². The number of carbonyl (C=O) groups excluding carboxylic acids is 2. The zero-order valence-electron chi connectivity index (χ0n) is 15.3. The first-order chi connectivity index (χ1) is 11.3. The van der Waals surface area contributed by atoms with E-state index in [1.54, 1.807) is 0 Å². The van der Waals surface area contributed by atoms with Gasteiger partial charge in [-0.1, -0.05) is 28.8 Å². The van der Waals surface area contributed by atoms with Gasteiger partial charge in [-0.3, -0.25) is 9.59 Å². The number of hydrogen-bond donors (Lipinski definition) is 0. The van der Waals surface area contributed by atoms with E-state index in [4.69, 9.17) is 0 Å². The van der Waals surface area contributed by atoms with Crippen LogP contribution in [0.2, 0.25) is 0 Å². The van der Waals surface area contributed by atoms with Crippen LogP contribution in [-0.2, 0) is 9.59 Å². The molecule has 5 atom stereocenters. The lowest BCUT2D eigenvalue weighted by Gasteiger charge is -2.20. The molecular weight excluding hydrogens is 296 g/mol. The van der Waals surface area contributed by atoms with Gasteiger partial charge < -0.3 is 0 Å². The Kier molecular flexibility index (Phi) is 3.39. The number of rotatable bonds is 1. The van der Waals surface area contributed by atoms with Gasteiger partial charge in [0.05, 0.1) is 0 Å². The second-order valence-electron chi connectivity index (χ2n) is 8.35. The average molecular weight is 322 g/mol. The van der Waals surface area contributed by atoms with Crippen LogP contribution >= 0.6 is 0 Å². The summed E-state index contributed by atoms with van der Waals surface area (Å²) in [5.41, 5.74) is 7.13. The first kappa shape index (κ1) is 15.8. The molecule has 0 aliphatic heterocycles. The van der Waals surface area contributed by atoms with E-state index < -0.39 is 5.92 Å². The molecule has 1 aromatic carbocycles. The Morgan fingerprint density at radius 1 is 0.875 bits per heavy atom. The van der Waals surface area contributed by atoms with E-state index in [0.29, 0.717) is 11.8 Å². The Morgan fingerprint density at radius 3 is 1.75 bits per heavy atom. The van der Waals surface area contributed by atoms with Crippen molar-refractivity contribution in [3.05, 3.63) is 45.5 Å². The minimum atomic E-state index is -0.512.